The molecule has 2 N–H and O–H groups in total. The second kappa shape index (κ2) is 8.28. The van der Waals surface area contributed by atoms with Crippen LogP contribution in [0.3, 0.4) is 0 Å². The number of urea groups is 1. The van der Waals surface area contributed by atoms with Gasteiger partial charge in [0.2, 0.25) is 0 Å². The molecule has 0 bridgehead atoms. The van der Waals surface area contributed by atoms with Crippen LogP contribution in [0.25, 0.3) is 0 Å². The molecule has 2 aromatic rings. The van der Waals surface area contributed by atoms with Gasteiger partial charge in [-0.15, -0.1) is 0 Å². The normalized spacial score (nSPS) is 22.6. The summed E-state index contributed by atoms with van der Waals surface area (Å²) in [6, 6.07) is 9.05. The summed E-state index contributed by atoms with van der Waals surface area (Å²) in [5.74, 6) is -0.200. The fraction of sp³-hybridized carbons (Fsp3) is 0.333. The highest BCUT2D eigenvalue weighted by atomic mass is 32.2. The quantitative estimate of drug-likeness (QED) is 0.622. The van der Waals surface area contributed by atoms with E-state index in [1.54, 1.807) is 18.2 Å². The number of nitrogens with one attached hydrogen (secondary N) is 2. The van der Waals surface area contributed by atoms with E-state index in [0.29, 0.717) is 29.7 Å². The highest BCUT2D eigenvalue weighted by Gasteiger charge is 2.41. The number of hydrogen-bond donors (Lipinski definition) is 2. The Morgan fingerprint density at radius 2 is 1.85 bits per heavy atom. The molecule has 1 aliphatic carbocycles. The van der Waals surface area contributed by atoms with Crippen molar-refractivity contribution in [2.75, 3.05) is 17.7 Å². The number of amides is 2. The number of hydrogen-bond acceptors (Lipinski definition) is 5. The summed E-state index contributed by atoms with van der Waals surface area (Å²) >= 11 is 0. The van der Waals surface area contributed by atoms with Gasteiger partial charge in [-0.25, -0.2) is 22.0 Å². The Balaban J connectivity index is 1.67. The molecule has 0 spiro atoms. The molecule has 0 aromatic heterocycles. The summed E-state index contributed by atoms with van der Waals surface area (Å²) in [4.78, 5) is 27.7. The maximum atomic E-state index is 13.3. The summed E-state index contributed by atoms with van der Waals surface area (Å²) < 4.78 is 52.0. The molecular weight excluding hydrogens is 464 g/mol. The Labute approximate surface area is 195 Å². The zero-order valence-electron chi connectivity index (χ0n) is 18.3. The molecule has 5 rings (SSSR count). The van der Waals surface area contributed by atoms with Crippen molar-refractivity contribution in [3.8, 4) is 0 Å². The number of benzene rings is 2. The van der Waals surface area contributed by atoms with Crippen molar-refractivity contribution in [3.63, 3.8) is 0 Å². The van der Waals surface area contributed by atoms with Gasteiger partial charge >= 0.3 is 6.03 Å². The van der Waals surface area contributed by atoms with Gasteiger partial charge in [-0.05, 0) is 42.2 Å². The molecule has 7 nitrogen and oxygen atoms in total. The van der Waals surface area contributed by atoms with Crippen LogP contribution >= 0.6 is 0 Å². The van der Waals surface area contributed by atoms with Gasteiger partial charge in [-0.1, -0.05) is 24.3 Å². The lowest BCUT2D eigenvalue weighted by molar-refractivity contribution is -0.116. The van der Waals surface area contributed by atoms with Crippen molar-refractivity contribution in [1.82, 2.24) is 10.6 Å². The number of carbonyl (C=O) groups excluding carboxylic acids is 2. The molecule has 0 saturated carbocycles. The highest BCUT2D eigenvalue weighted by molar-refractivity contribution is 7.90. The van der Waals surface area contributed by atoms with Crippen molar-refractivity contribution < 1.29 is 26.8 Å². The van der Waals surface area contributed by atoms with Gasteiger partial charge in [0.25, 0.3) is 6.43 Å². The first-order valence-electron chi connectivity index (χ1n) is 11.0. The van der Waals surface area contributed by atoms with Crippen LogP contribution in [0.2, 0.25) is 0 Å². The Morgan fingerprint density at radius 3 is 2.53 bits per heavy atom. The summed E-state index contributed by atoms with van der Waals surface area (Å²) in [7, 11) is -3.67. The maximum Gasteiger partial charge on any atom is 0.327 e. The zero-order chi connectivity index (χ0) is 24.2. The summed E-state index contributed by atoms with van der Waals surface area (Å²) in [6.07, 6.45) is -0.454. The van der Waals surface area contributed by atoms with E-state index in [-0.39, 0.29) is 34.4 Å². The first-order valence-corrected chi connectivity index (χ1v) is 12.9. The van der Waals surface area contributed by atoms with Gasteiger partial charge in [-0.3, -0.25) is 9.69 Å². The van der Waals surface area contributed by atoms with Crippen molar-refractivity contribution in [1.29, 1.82) is 0 Å². The number of ketones is 1. The first kappa shape index (κ1) is 22.7. The minimum atomic E-state index is -3.67. The van der Waals surface area contributed by atoms with Crippen LogP contribution in [0, 0.1) is 0 Å². The molecule has 2 aliphatic heterocycles. The molecule has 10 heteroatoms. The van der Waals surface area contributed by atoms with E-state index in [4.69, 9.17) is 0 Å². The van der Waals surface area contributed by atoms with Gasteiger partial charge < -0.3 is 10.6 Å². The van der Waals surface area contributed by atoms with Gasteiger partial charge in [0, 0.05) is 42.1 Å². The molecule has 3 aliphatic rings. The average Bonchev–Trinajstić information content (AvgIpc) is 3.63. The van der Waals surface area contributed by atoms with Gasteiger partial charge in [0.05, 0.1) is 16.6 Å². The number of alkyl halides is 2. The van der Waals surface area contributed by atoms with Crippen LogP contribution in [-0.4, -0.2) is 33.0 Å². The predicted molar refractivity (Wildman–Crippen MR) is 121 cm³/mol. The molecule has 2 heterocycles. The topological polar surface area (TPSA) is 105 Å². The molecule has 2 aromatic carbocycles. The molecule has 0 radical (unpaired) electrons. The van der Waals surface area contributed by atoms with Crippen LogP contribution in [-0.2, 0) is 14.6 Å². The summed E-state index contributed by atoms with van der Waals surface area (Å²) in [5, 5.41) is 5.91. The van der Waals surface area contributed by atoms with Crippen LogP contribution in [0.15, 0.2) is 58.6 Å². The molecule has 178 valence electrons. The fourth-order valence-electron chi connectivity index (χ4n) is 4.72. The molecule has 2 amide bonds. The van der Waals surface area contributed by atoms with E-state index < -0.39 is 28.3 Å². The number of Topliss-reactive ketones (excluding diaryl/α,β-unsaturated/α-hetero) is 1. The fourth-order valence-corrected chi connectivity index (χ4v) is 5.68. The second-order valence-electron chi connectivity index (χ2n) is 8.78. The minimum absolute atomic E-state index is 0.0578. The van der Waals surface area contributed by atoms with E-state index in [2.05, 4.69) is 10.6 Å². The Bertz CT molecular complexity index is 1340. The number of halogens is 2. The standard InChI is InChI=1S/C24H23F2N3O4S/c1-34(32,33)20-11-13(17-12-27-17)8-9-16(20)22-21-18(6-3-7-19(21)30)29(24(31)28-22)15-5-2-4-14(10-15)23(25)26/h2,4-5,8-11,17,22-23,27H,3,6-7,12H2,1H3,(H,28,31)/t17?,22-/m1/s1. The zero-order valence-corrected chi connectivity index (χ0v) is 19.2. The molecule has 34 heavy (non-hydrogen) atoms. The third-order valence-corrected chi connectivity index (χ3v) is 7.55. The van der Waals surface area contributed by atoms with Crippen molar-refractivity contribution in [2.24, 2.45) is 0 Å². The molecule has 1 unspecified atom stereocenters. The monoisotopic (exact) mass is 487 g/mol. The van der Waals surface area contributed by atoms with Crippen LogP contribution in [0.1, 0.15) is 54.5 Å². The lowest BCUT2D eigenvalue weighted by Gasteiger charge is -2.39. The maximum absolute atomic E-state index is 13.3. The van der Waals surface area contributed by atoms with E-state index in [1.807, 2.05) is 0 Å². The Hall–Kier alpha value is -3.11. The van der Waals surface area contributed by atoms with Crippen molar-refractivity contribution >= 4 is 27.3 Å². The third kappa shape index (κ3) is 4.01. The minimum Gasteiger partial charge on any atom is -0.326 e. The Kier molecular flexibility index (Phi) is 5.52. The van der Waals surface area contributed by atoms with E-state index in [9.17, 15) is 26.8 Å². The summed E-state index contributed by atoms with van der Waals surface area (Å²) in [6.45, 7) is 0.753. The van der Waals surface area contributed by atoms with Crippen LogP contribution in [0.4, 0.5) is 19.3 Å². The third-order valence-electron chi connectivity index (χ3n) is 6.40. The smallest absolute Gasteiger partial charge is 0.326 e. The molecule has 2 atom stereocenters. The number of carbonyl (C=O) groups is 2. The summed E-state index contributed by atoms with van der Waals surface area (Å²) in [5.41, 5.74) is 1.86. The van der Waals surface area contributed by atoms with Crippen LogP contribution < -0.4 is 15.5 Å². The number of nitrogens with zero attached hydrogens (tertiary/aromatic N) is 1. The lowest BCUT2D eigenvalue weighted by atomic mass is 9.84. The van der Waals surface area contributed by atoms with Crippen molar-refractivity contribution in [2.45, 2.75) is 42.7 Å². The predicted octanol–water partition coefficient (Wildman–Crippen LogP) is 3.95. The SMILES string of the molecule is CS(=O)(=O)c1cc(C2CN2)ccc1[C@H]1NC(=O)N(c2cccc(C(F)F)c2)C2=C1C(=O)CCC2. The number of sulfone groups is 1. The van der Waals surface area contributed by atoms with Gasteiger partial charge in [0.15, 0.2) is 15.6 Å². The van der Waals surface area contributed by atoms with Gasteiger partial charge in [-0.2, -0.15) is 0 Å². The van der Waals surface area contributed by atoms with E-state index in [1.165, 1.54) is 29.2 Å². The van der Waals surface area contributed by atoms with Crippen LogP contribution in [0.5, 0.6) is 0 Å². The second-order valence-corrected chi connectivity index (χ2v) is 10.8. The first-order chi connectivity index (χ1) is 16.1. The molecule has 1 saturated heterocycles. The van der Waals surface area contributed by atoms with Crippen molar-refractivity contribution in [3.05, 3.63) is 70.4 Å². The number of rotatable bonds is 5. The number of allylic oxidation sites excluding steroid dienone is 1. The Morgan fingerprint density at radius 1 is 1.09 bits per heavy atom. The largest absolute Gasteiger partial charge is 0.327 e. The van der Waals surface area contributed by atoms with E-state index in [0.717, 1.165) is 18.4 Å². The average molecular weight is 488 g/mol. The van der Waals surface area contributed by atoms with E-state index >= 15 is 0 Å². The highest BCUT2D eigenvalue weighted by Crippen LogP contribution is 2.42. The molecule has 1 fully saturated rings. The molecular formula is C24H23F2N3O4S. The van der Waals surface area contributed by atoms with Gasteiger partial charge in [0.1, 0.15) is 0 Å². The number of anilines is 1. The lowest BCUT2D eigenvalue weighted by Crippen LogP contribution is -2.49.